The van der Waals surface area contributed by atoms with Crippen molar-refractivity contribution in [3.63, 3.8) is 0 Å². The van der Waals surface area contributed by atoms with E-state index in [4.69, 9.17) is 9.84 Å². The maximum Gasteiger partial charge on any atom is 0.230 e. The van der Waals surface area contributed by atoms with Gasteiger partial charge in [-0.15, -0.1) is 0 Å². The van der Waals surface area contributed by atoms with Crippen molar-refractivity contribution in [2.45, 2.75) is 32.7 Å². The lowest BCUT2D eigenvalue weighted by Gasteiger charge is -2.24. The second-order valence-corrected chi connectivity index (χ2v) is 6.35. The van der Waals surface area contributed by atoms with Gasteiger partial charge in [0.05, 0.1) is 12.0 Å². The van der Waals surface area contributed by atoms with Gasteiger partial charge in [0.25, 0.3) is 0 Å². The van der Waals surface area contributed by atoms with Gasteiger partial charge in [-0.2, -0.15) is 0 Å². The van der Waals surface area contributed by atoms with Crippen molar-refractivity contribution >= 4 is 5.91 Å². The molecule has 2 aromatic rings. The van der Waals surface area contributed by atoms with Crippen LogP contribution in [-0.2, 0) is 16.8 Å². The molecule has 2 aromatic carbocycles. The van der Waals surface area contributed by atoms with Crippen molar-refractivity contribution in [1.82, 2.24) is 5.32 Å². The van der Waals surface area contributed by atoms with Crippen LogP contribution in [0.15, 0.2) is 48.5 Å². The Labute approximate surface area is 143 Å². The molecule has 24 heavy (non-hydrogen) atoms. The number of carbonyl (C=O) groups is 1. The first-order valence-electron chi connectivity index (χ1n) is 8.12. The summed E-state index contributed by atoms with van der Waals surface area (Å²) in [7, 11) is 0. The fraction of sp³-hybridized carbons (Fsp3) is 0.350. The van der Waals surface area contributed by atoms with E-state index in [2.05, 4.69) is 5.32 Å². The van der Waals surface area contributed by atoms with Crippen molar-refractivity contribution in [3.05, 3.63) is 65.2 Å². The van der Waals surface area contributed by atoms with Crippen molar-refractivity contribution in [3.8, 4) is 5.75 Å². The van der Waals surface area contributed by atoms with Gasteiger partial charge >= 0.3 is 0 Å². The zero-order chi connectivity index (χ0) is 17.6. The molecule has 2 N–H and O–H groups in total. The molecular formula is C20H25NO3. The number of rotatable bonds is 7. The van der Waals surface area contributed by atoms with Gasteiger partial charge in [0.2, 0.25) is 5.91 Å². The molecule has 128 valence electrons. The number of hydrogen-bond acceptors (Lipinski definition) is 3. The molecule has 0 aliphatic rings. The zero-order valence-corrected chi connectivity index (χ0v) is 14.5. The fourth-order valence-corrected chi connectivity index (χ4v) is 2.44. The van der Waals surface area contributed by atoms with Crippen LogP contribution >= 0.6 is 0 Å². The van der Waals surface area contributed by atoms with E-state index in [1.165, 1.54) is 5.56 Å². The number of amides is 1. The summed E-state index contributed by atoms with van der Waals surface area (Å²) in [5.74, 6) is 0.642. The molecule has 0 saturated heterocycles. The predicted octanol–water partition coefficient (Wildman–Crippen LogP) is 2.96. The molecule has 0 spiro atoms. The molecule has 1 amide bonds. The highest BCUT2D eigenvalue weighted by Gasteiger charge is 2.29. The van der Waals surface area contributed by atoms with E-state index in [1.807, 2.05) is 69.3 Å². The fourth-order valence-electron chi connectivity index (χ4n) is 2.44. The van der Waals surface area contributed by atoms with Gasteiger partial charge in [-0.3, -0.25) is 4.79 Å². The van der Waals surface area contributed by atoms with Gasteiger partial charge in [-0.1, -0.05) is 48.0 Å². The van der Waals surface area contributed by atoms with Crippen LogP contribution in [0.5, 0.6) is 5.75 Å². The summed E-state index contributed by atoms with van der Waals surface area (Å²) < 4.78 is 5.50. The maximum atomic E-state index is 12.7. The van der Waals surface area contributed by atoms with E-state index >= 15 is 0 Å². The molecule has 0 aliphatic heterocycles. The van der Waals surface area contributed by atoms with Crippen LogP contribution in [0, 0.1) is 6.92 Å². The standard InChI is InChI=1S/C20H25NO3/c1-15-8-10-17(11-9-15)20(2,3)19(23)21-14-16-6-4-5-7-18(16)24-13-12-22/h4-11,22H,12-14H2,1-3H3,(H,21,23). The lowest BCUT2D eigenvalue weighted by Crippen LogP contribution is -2.39. The minimum absolute atomic E-state index is 0.0386. The van der Waals surface area contributed by atoms with Gasteiger partial charge in [-0.05, 0) is 32.4 Å². The van der Waals surface area contributed by atoms with Crippen LogP contribution in [0.2, 0.25) is 0 Å². The Morgan fingerprint density at radius 1 is 1.12 bits per heavy atom. The normalized spacial score (nSPS) is 11.2. The van der Waals surface area contributed by atoms with E-state index in [0.29, 0.717) is 12.3 Å². The Balaban J connectivity index is 2.06. The molecule has 0 aliphatic carbocycles. The number of benzene rings is 2. The number of aliphatic hydroxyl groups is 1. The van der Waals surface area contributed by atoms with Crippen molar-refractivity contribution in [2.75, 3.05) is 13.2 Å². The second kappa shape index (κ2) is 7.97. The van der Waals surface area contributed by atoms with Gasteiger partial charge in [0.15, 0.2) is 0 Å². The molecule has 0 atom stereocenters. The minimum atomic E-state index is -0.616. The number of aryl methyl sites for hydroxylation is 1. The minimum Gasteiger partial charge on any atom is -0.491 e. The van der Waals surface area contributed by atoms with Crippen molar-refractivity contribution in [2.24, 2.45) is 0 Å². The number of para-hydroxylation sites is 1. The summed E-state index contributed by atoms with van der Waals surface area (Å²) in [6.45, 7) is 6.44. The predicted molar refractivity (Wildman–Crippen MR) is 95.1 cm³/mol. The second-order valence-electron chi connectivity index (χ2n) is 6.35. The summed E-state index contributed by atoms with van der Waals surface area (Å²) in [6.07, 6.45) is 0. The van der Waals surface area contributed by atoms with Gasteiger partial charge in [-0.25, -0.2) is 0 Å². The summed E-state index contributed by atoms with van der Waals surface area (Å²) in [5.41, 5.74) is 2.42. The lowest BCUT2D eigenvalue weighted by atomic mass is 9.83. The number of ether oxygens (including phenoxy) is 1. The third-order valence-corrected chi connectivity index (χ3v) is 4.10. The molecule has 4 heteroatoms. The van der Waals surface area contributed by atoms with Crippen molar-refractivity contribution < 1.29 is 14.6 Å². The topological polar surface area (TPSA) is 58.6 Å². The molecule has 4 nitrogen and oxygen atoms in total. The van der Waals surface area contributed by atoms with Gasteiger partial charge in [0, 0.05) is 12.1 Å². The Hall–Kier alpha value is -2.33. The molecule has 0 aromatic heterocycles. The maximum absolute atomic E-state index is 12.7. The highest BCUT2D eigenvalue weighted by atomic mass is 16.5. The third-order valence-electron chi connectivity index (χ3n) is 4.10. The van der Waals surface area contributed by atoms with Crippen LogP contribution in [0.3, 0.4) is 0 Å². The van der Waals surface area contributed by atoms with Crippen LogP contribution < -0.4 is 10.1 Å². The smallest absolute Gasteiger partial charge is 0.230 e. The summed E-state index contributed by atoms with van der Waals surface area (Å²) in [6, 6.07) is 15.5. The van der Waals surface area contributed by atoms with E-state index in [-0.39, 0.29) is 19.1 Å². The monoisotopic (exact) mass is 327 g/mol. The molecule has 0 unspecified atom stereocenters. The molecule has 0 radical (unpaired) electrons. The largest absolute Gasteiger partial charge is 0.491 e. The van der Waals surface area contributed by atoms with E-state index in [0.717, 1.165) is 11.1 Å². The highest BCUT2D eigenvalue weighted by Crippen LogP contribution is 2.24. The summed E-state index contributed by atoms with van der Waals surface area (Å²) in [4.78, 5) is 12.7. The number of hydrogen-bond donors (Lipinski definition) is 2. The van der Waals surface area contributed by atoms with E-state index < -0.39 is 5.41 Å². The van der Waals surface area contributed by atoms with Crippen LogP contribution in [0.25, 0.3) is 0 Å². The summed E-state index contributed by atoms with van der Waals surface area (Å²) >= 11 is 0. The Bertz CT molecular complexity index is 678. The Kier molecular flexibility index (Phi) is 5.99. The Morgan fingerprint density at radius 3 is 2.46 bits per heavy atom. The molecule has 0 bridgehead atoms. The average molecular weight is 327 g/mol. The first-order valence-corrected chi connectivity index (χ1v) is 8.12. The first kappa shape index (κ1) is 18.0. The SMILES string of the molecule is Cc1ccc(C(C)(C)C(=O)NCc2ccccc2OCCO)cc1. The lowest BCUT2D eigenvalue weighted by molar-refractivity contribution is -0.125. The average Bonchev–Trinajstić information content (AvgIpc) is 2.58. The quantitative estimate of drug-likeness (QED) is 0.822. The van der Waals surface area contributed by atoms with Gasteiger partial charge < -0.3 is 15.2 Å². The highest BCUT2D eigenvalue weighted by molar-refractivity contribution is 5.87. The number of nitrogens with one attached hydrogen (secondary N) is 1. The molecular weight excluding hydrogens is 302 g/mol. The molecule has 0 saturated carbocycles. The van der Waals surface area contributed by atoms with Crippen molar-refractivity contribution in [1.29, 1.82) is 0 Å². The zero-order valence-electron chi connectivity index (χ0n) is 14.5. The van der Waals surface area contributed by atoms with E-state index in [1.54, 1.807) is 0 Å². The van der Waals surface area contributed by atoms with Crippen LogP contribution in [0.4, 0.5) is 0 Å². The number of carbonyl (C=O) groups excluding carboxylic acids is 1. The number of aliphatic hydroxyl groups excluding tert-OH is 1. The van der Waals surface area contributed by atoms with E-state index in [9.17, 15) is 4.79 Å². The van der Waals surface area contributed by atoms with Crippen LogP contribution in [-0.4, -0.2) is 24.2 Å². The first-order chi connectivity index (χ1) is 11.4. The third kappa shape index (κ3) is 4.36. The molecule has 0 fully saturated rings. The molecule has 0 heterocycles. The molecule has 2 rings (SSSR count). The Morgan fingerprint density at radius 2 is 1.79 bits per heavy atom. The van der Waals surface area contributed by atoms with Crippen LogP contribution in [0.1, 0.15) is 30.5 Å². The van der Waals surface area contributed by atoms with Gasteiger partial charge in [0.1, 0.15) is 12.4 Å². The summed E-state index contributed by atoms with van der Waals surface area (Å²) in [5, 5.41) is 11.9.